The molecule has 5 atom stereocenters. The maximum atomic E-state index is 6.78. The Morgan fingerprint density at radius 3 is 2.07 bits per heavy atom. The van der Waals surface area contributed by atoms with Gasteiger partial charge in [0.2, 0.25) is 0 Å². The molecule has 30 heavy (non-hydrogen) atoms. The van der Waals surface area contributed by atoms with Crippen LogP contribution in [-0.4, -0.2) is 11.7 Å². The van der Waals surface area contributed by atoms with Crippen LogP contribution in [0, 0.1) is 23.7 Å². The van der Waals surface area contributed by atoms with Crippen molar-refractivity contribution in [1.29, 1.82) is 0 Å². The van der Waals surface area contributed by atoms with Crippen LogP contribution < -0.4 is 0 Å². The summed E-state index contributed by atoms with van der Waals surface area (Å²) < 4.78 is 6.78. The van der Waals surface area contributed by atoms with Crippen molar-refractivity contribution >= 4 is 0 Å². The molecule has 1 aliphatic carbocycles. The smallest absolute Gasteiger partial charge is 0.0860 e. The lowest BCUT2D eigenvalue weighted by Crippen LogP contribution is -2.45. The summed E-state index contributed by atoms with van der Waals surface area (Å²) in [6.07, 6.45) is 17.6. The molecule has 1 saturated heterocycles. The topological polar surface area (TPSA) is 9.23 Å². The average molecular weight is 417 g/mol. The van der Waals surface area contributed by atoms with Gasteiger partial charge < -0.3 is 4.74 Å². The molecule has 0 saturated carbocycles. The van der Waals surface area contributed by atoms with E-state index in [2.05, 4.69) is 61.5 Å². The van der Waals surface area contributed by atoms with Gasteiger partial charge in [0.05, 0.1) is 11.7 Å². The molecule has 0 aromatic rings. The molecule has 0 aromatic heterocycles. The summed E-state index contributed by atoms with van der Waals surface area (Å²) in [7, 11) is 0. The van der Waals surface area contributed by atoms with Crippen LogP contribution in [0.4, 0.5) is 0 Å². The summed E-state index contributed by atoms with van der Waals surface area (Å²) in [6.45, 7) is 18.8. The van der Waals surface area contributed by atoms with Gasteiger partial charge >= 0.3 is 0 Å². The number of fused-ring (bicyclic) bond motifs is 1. The number of hydrogen-bond acceptors (Lipinski definition) is 1. The van der Waals surface area contributed by atoms with Crippen molar-refractivity contribution < 1.29 is 4.74 Å². The van der Waals surface area contributed by atoms with Crippen LogP contribution in [-0.2, 0) is 4.74 Å². The Balaban J connectivity index is 1.65. The second-order valence-electron chi connectivity index (χ2n) is 11.7. The number of rotatable bonds is 12. The molecule has 0 amide bonds. The van der Waals surface area contributed by atoms with Crippen LogP contribution in [0.3, 0.4) is 0 Å². The Bertz CT molecular complexity index is 583. The van der Waals surface area contributed by atoms with Gasteiger partial charge in [-0.1, -0.05) is 90.7 Å². The van der Waals surface area contributed by atoms with Gasteiger partial charge in [-0.15, -0.1) is 0 Å². The highest BCUT2D eigenvalue weighted by Crippen LogP contribution is 2.44. The van der Waals surface area contributed by atoms with Crippen LogP contribution in [0.5, 0.6) is 0 Å². The van der Waals surface area contributed by atoms with Gasteiger partial charge in [-0.25, -0.2) is 0 Å². The van der Waals surface area contributed by atoms with Gasteiger partial charge in [0.25, 0.3) is 0 Å². The normalized spacial score (nSPS) is 29.0. The molecular weight excluding hydrogens is 364 g/mol. The van der Waals surface area contributed by atoms with E-state index < -0.39 is 0 Å². The monoisotopic (exact) mass is 416 g/mol. The molecule has 0 bridgehead atoms. The van der Waals surface area contributed by atoms with Crippen molar-refractivity contribution in [3.05, 3.63) is 22.8 Å². The average Bonchev–Trinajstić information content (AvgIpc) is 2.65. The fourth-order valence-electron chi connectivity index (χ4n) is 5.69. The zero-order chi connectivity index (χ0) is 22.3. The molecule has 2 aliphatic rings. The minimum absolute atomic E-state index is 0.0744. The van der Waals surface area contributed by atoms with Crippen molar-refractivity contribution in [2.75, 3.05) is 0 Å². The maximum absolute atomic E-state index is 6.78. The third kappa shape index (κ3) is 7.85. The molecule has 0 N–H and O–H groups in total. The third-order valence-electron chi connectivity index (χ3n) is 8.11. The molecular formula is C29H52O. The molecule has 1 heterocycles. The summed E-state index contributed by atoms with van der Waals surface area (Å²) in [5.41, 5.74) is 4.49. The van der Waals surface area contributed by atoms with E-state index in [1.54, 1.807) is 0 Å². The highest BCUT2D eigenvalue weighted by atomic mass is 16.5. The Morgan fingerprint density at radius 2 is 1.47 bits per heavy atom. The van der Waals surface area contributed by atoms with Gasteiger partial charge in [0, 0.05) is 5.92 Å². The lowest BCUT2D eigenvalue weighted by atomic mass is 9.74. The molecule has 0 aromatic carbocycles. The van der Waals surface area contributed by atoms with E-state index >= 15 is 0 Å². The first kappa shape index (κ1) is 25.7. The predicted molar refractivity (Wildman–Crippen MR) is 133 cm³/mol. The molecule has 174 valence electrons. The van der Waals surface area contributed by atoms with Crippen LogP contribution >= 0.6 is 0 Å². The van der Waals surface area contributed by atoms with Gasteiger partial charge in [-0.3, -0.25) is 0 Å². The van der Waals surface area contributed by atoms with E-state index in [0.717, 1.165) is 17.8 Å². The van der Waals surface area contributed by atoms with Crippen molar-refractivity contribution in [3.8, 4) is 0 Å². The van der Waals surface area contributed by atoms with Gasteiger partial charge in [0.15, 0.2) is 0 Å². The highest BCUT2D eigenvalue weighted by Gasteiger charge is 2.41. The van der Waals surface area contributed by atoms with Gasteiger partial charge in [0.1, 0.15) is 0 Å². The molecule has 1 fully saturated rings. The lowest BCUT2D eigenvalue weighted by molar-refractivity contribution is -0.127. The zero-order valence-electron chi connectivity index (χ0n) is 21.7. The fraction of sp³-hybridized carbons (Fsp3) is 0.862. The summed E-state index contributed by atoms with van der Waals surface area (Å²) in [5, 5.41) is 0. The standard InChI is InChI=1S/C29H52O/c1-21(2)12-9-13-22(3)14-10-15-23(4)16-11-18-29(8)19-17-27-25(6)20-24(5)26(7)28(27)30-29/h20-23,27-28H,9-19H2,1-8H3. The van der Waals surface area contributed by atoms with Crippen molar-refractivity contribution in [1.82, 2.24) is 0 Å². The molecule has 2 rings (SSSR count). The first-order valence-corrected chi connectivity index (χ1v) is 13.1. The van der Waals surface area contributed by atoms with Crippen molar-refractivity contribution in [2.45, 2.75) is 138 Å². The number of allylic oxidation sites excluding steroid dienone is 2. The fourth-order valence-corrected chi connectivity index (χ4v) is 5.69. The van der Waals surface area contributed by atoms with Crippen LogP contribution in [0.15, 0.2) is 22.8 Å². The minimum Gasteiger partial charge on any atom is -0.367 e. The second-order valence-corrected chi connectivity index (χ2v) is 11.7. The van der Waals surface area contributed by atoms with Crippen LogP contribution in [0.25, 0.3) is 0 Å². The summed E-state index contributed by atoms with van der Waals surface area (Å²) >= 11 is 0. The Labute approximate surface area is 189 Å². The van der Waals surface area contributed by atoms with Crippen LogP contribution in [0.2, 0.25) is 0 Å². The first-order valence-electron chi connectivity index (χ1n) is 13.1. The van der Waals surface area contributed by atoms with Crippen LogP contribution in [0.1, 0.15) is 126 Å². The predicted octanol–water partition coefficient (Wildman–Crippen LogP) is 9.28. The summed E-state index contributed by atoms with van der Waals surface area (Å²) in [6, 6.07) is 0. The molecule has 1 nitrogen and oxygen atoms in total. The molecule has 1 heteroatoms. The van der Waals surface area contributed by atoms with E-state index in [0.29, 0.717) is 12.0 Å². The molecule has 5 unspecified atom stereocenters. The maximum Gasteiger partial charge on any atom is 0.0860 e. The molecule has 1 aliphatic heterocycles. The number of hydrogen-bond donors (Lipinski definition) is 0. The Morgan fingerprint density at radius 1 is 0.900 bits per heavy atom. The van der Waals surface area contributed by atoms with E-state index in [1.807, 2.05) is 0 Å². The SMILES string of the molecule is CC1=CC(C)=C(C)C2OC(C)(CCCC(C)CCCC(C)CCCC(C)C)CCC12. The van der Waals surface area contributed by atoms with E-state index in [-0.39, 0.29) is 5.60 Å². The van der Waals surface area contributed by atoms with Crippen molar-refractivity contribution in [3.63, 3.8) is 0 Å². The quantitative estimate of drug-likeness (QED) is 0.308. The number of ether oxygens (including phenoxy) is 1. The first-order chi connectivity index (χ1) is 14.1. The Hall–Kier alpha value is -0.560. The van der Waals surface area contributed by atoms with E-state index in [1.165, 1.54) is 87.3 Å². The Kier molecular flexibility index (Phi) is 10.2. The highest BCUT2D eigenvalue weighted by molar-refractivity contribution is 5.36. The second kappa shape index (κ2) is 11.9. The van der Waals surface area contributed by atoms with Gasteiger partial charge in [-0.05, 0) is 75.9 Å². The zero-order valence-corrected chi connectivity index (χ0v) is 21.7. The minimum atomic E-state index is 0.0744. The van der Waals surface area contributed by atoms with Crippen molar-refractivity contribution in [2.24, 2.45) is 23.7 Å². The lowest BCUT2D eigenvalue weighted by Gasteiger charge is -2.46. The summed E-state index contributed by atoms with van der Waals surface area (Å²) in [5.74, 6) is 3.24. The third-order valence-corrected chi connectivity index (χ3v) is 8.11. The van der Waals surface area contributed by atoms with E-state index in [4.69, 9.17) is 4.74 Å². The summed E-state index contributed by atoms with van der Waals surface area (Å²) in [4.78, 5) is 0. The molecule has 0 spiro atoms. The van der Waals surface area contributed by atoms with Gasteiger partial charge in [-0.2, -0.15) is 0 Å². The molecule has 0 radical (unpaired) electrons. The largest absolute Gasteiger partial charge is 0.367 e. The van der Waals surface area contributed by atoms with E-state index in [9.17, 15) is 0 Å².